The van der Waals surface area contributed by atoms with E-state index >= 15 is 0 Å². The highest BCUT2D eigenvalue weighted by Gasteiger charge is 2.34. The SMILES string of the molecule is CC(C)(C)C(=O)/C=C1\SCC(=O)N1CC(=O)N(Cc1ccccc1)C(C)(C)C. The molecule has 0 unspecified atom stereocenters. The Bertz CT molecular complexity index is 773. The Balaban J connectivity index is 2.22. The van der Waals surface area contributed by atoms with Crippen molar-refractivity contribution in [1.29, 1.82) is 0 Å². The highest BCUT2D eigenvalue weighted by Crippen LogP contribution is 2.31. The molecule has 0 aliphatic carbocycles. The number of ketones is 1. The molecule has 1 aromatic rings. The first-order valence-corrected chi connectivity index (χ1v) is 10.4. The highest BCUT2D eigenvalue weighted by atomic mass is 32.2. The van der Waals surface area contributed by atoms with E-state index in [0.717, 1.165) is 5.56 Å². The number of thioether (sulfide) groups is 1. The first kappa shape index (κ1) is 22.2. The molecule has 1 aromatic carbocycles. The molecule has 28 heavy (non-hydrogen) atoms. The van der Waals surface area contributed by atoms with Crippen molar-refractivity contribution in [1.82, 2.24) is 9.80 Å². The van der Waals surface area contributed by atoms with E-state index in [2.05, 4.69) is 0 Å². The molecule has 0 N–H and O–H groups in total. The molecule has 0 saturated carbocycles. The summed E-state index contributed by atoms with van der Waals surface area (Å²) in [5, 5.41) is 0.562. The van der Waals surface area contributed by atoms with Gasteiger partial charge in [0.25, 0.3) is 0 Å². The lowest BCUT2D eigenvalue weighted by atomic mass is 9.91. The van der Waals surface area contributed by atoms with E-state index in [1.54, 1.807) is 4.90 Å². The van der Waals surface area contributed by atoms with Gasteiger partial charge in [0.05, 0.1) is 10.8 Å². The van der Waals surface area contributed by atoms with Crippen LogP contribution in [0.1, 0.15) is 47.1 Å². The van der Waals surface area contributed by atoms with Gasteiger partial charge in [0, 0.05) is 23.6 Å². The lowest BCUT2D eigenvalue weighted by Crippen LogP contribution is -2.49. The zero-order valence-corrected chi connectivity index (χ0v) is 18.4. The van der Waals surface area contributed by atoms with E-state index in [4.69, 9.17) is 0 Å². The van der Waals surface area contributed by atoms with E-state index in [1.807, 2.05) is 71.9 Å². The van der Waals surface area contributed by atoms with Gasteiger partial charge in [-0.15, -0.1) is 0 Å². The van der Waals surface area contributed by atoms with E-state index in [1.165, 1.54) is 22.7 Å². The summed E-state index contributed by atoms with van der Waals surface area (Å²) in [4.78, 5) is 41.1. The average molecular weight is 403 g/mol. The maximum absolute atomic E-state index is 13.1. The van der Waals surface area contributed by atoms with Crippen LogP contribution in [0.4, 0.5) is 0 Å². The molecule has 1 heterocycles. The Morgan fingerprint density at radius 2 is 1.71 bits per heavy atom. The molecule has 1 aliphatic heterocycles. The first-order chi connectivity index (χ1) is 12.9. The van der Waals surface area contributed by atoms with Crippen LogP contribution in [0, 0.1) is 5.41 Å². The van der Waals surface area contributed by atoms with E-state index < -0.39 is 11.0 Å². The summed E-state index contributed by atoms with van der Waals surface area (Å²) in [6.07, 6.45) is 1.50. The molecule has 152 valence electrons. The van der Waals surface area contributed by atoms with Gasteiger partial charge in [0.15, 0.2) is 5.78 Å². The maximum Gasteiger partial charge on any atom is 0.243 e. The molecule has 1 aliphatic rings. The van der Waals surface area contributed by atoms with Crippen LogP contribution >= 0.6 is 11.8 Å². The summed E-state index contributed by atoms with van der Waals surface area (Å²) >= 11 is 1.31. The van der Waals surface area contributed by atoms with Crippen LogP contribution in [-0.4, -0.2) is 45.2 Å². The highest BCUT2D eigenvalue weighted by molar-refractivity contribution is 8.04. The summed E-state index contributed by atoms with van der Waals surface area (Å²) in [7, 11) is 0. The molecule has 0 aromatic heterocycles. The fourth-order valence-electron chi connectivity index (χ4n) is 2.71. The van der Waals surface area contributed by atoms with Gasteiger partial charge in [-0.2, -0.15) is 0 Å². The average Bonchev–Trinajstić information content (AvgIpc) is 2.92. The first-order valence-electron chi connectivity index (χ1n) is 9.43. The summed E-state index contributed by atoms with van der Waals surface area (Å²) in [5.74, 6) is -0.0784. The van der Waals surface area contributed by atoms with E-state index in [9.17, 15) is 14.4 Å². The second-order valence-corrected chi connectivity index (χ2v) is 10.00. The monoisotopic (exact) mass is 402 g/mol. The van der Waals surface area contributed by atoms with Gasteiger partial charge in [-0.25, -0.2) is 0 Å². The Kier molecular flexibility index (Phi) is 6.75. The van der Waals surface area contributed by atoms with Crippen LogP contribution in [0.25, 0.3) is 0 Å². The van der Waals surface area contributed by atoms with Crippen molar-refractivity contribution in [2.75, 3.05) is 12.3 Å². The summed E-state index contributed by atoms with van der Waals surface area (Å²) < 4.78 is 0. The standard InChI is InChI=1S/C22H30N2O3S/c1-21(2,3)17(25)12-20-23(19(27)15-28-20)14-18(26)24(22(4,5)6)13-16-10-8-7-9-11-16/h7-12H,13-15H2,1-6H3/b20-12-. The maximum atomic E-state index is 13.1. The van der Waals surface area contributed by atoms with Crippen LogP contribution in [0.2, 0.25) is 0 Å². The number of hydrogen-bond donors (Lipinski definition) is 0. The number of rotatable bonds is 5. The number of nitrogens with zero attached hydrogens (tertiary/aromatic N) is 2. The third kappa shape index (κ3) is 5.71. The summed E-state index contributed by atoms with van der Waals surface area (Å²) in [5.41, 5.74) is 0.111. The van der Waals surface area contributed by atoms with Crippen molar-refractivity contribution < 1.29 is 14.4 Å². The van der Waals surface area contributed by atoms with Crippen LogP contribution in [0.5, 0.6) is 0 Å². The molecular formula is C22H30N2O3S. The Morgan fingerprint density at radius 3 is 2.25 bits per heavy atom. The van der Waals surface area contributed by atoms with Crippen molar-refractivity contribution >= 4 is 29.4 Å². The zero-order chi connectivity index (χ0) is 21.1. The Labute approximate surface area is 172 Å². The lowest BCUT2D eigenvalue weighted by Gasteiger charge is -2.37. The normalized spacial score (nSPS) is 16.6. The van der Waals surface area contributed by atoms with Gasteiger partial charge >= 0.3 is 0 Å². The predicted molar refractivity (Wildman–Crippen MR) is 113 cm³/mol. The molecule has 0 radical (unpaired) electrons. The molecular weight excluding hydrogens is 372 g/mol. The largest absolute Gasteiger partial charge is 0.332 e. The minimum absolute atomic E-state index is 0.0564. The fraction of sp³-hybridized carbons (Fsp3) is 0.500. The minimum atomic E-state index is -0.528. The van der Waals surface area contributed by atoms with Crippen molar-refractivity contribution in [3.05, 3.63) is 47.0 Å². The second kappa shape index (κ2) is 8.52. The van der Waals surface area contributed by atoms with Crippen LogP contribution in [0.3, 0.4) is 0 Å². The van der Waals surface area contributed by atoms with Crippen LogP contribution in [0.15, 0.2) is 41.4 Å². The van der Waals surface area contributed by atoms with E-state index in [0.29, 0.717) is 11.6 Å². The van der Waals surface area contributed by atoms with Crippen molar-refractivity contribution in [2.24, 2.45) is 5.41 Å². The number of amides is 2. The molecule has 1 saturated heterocycles. The molecule has 0 atom stereocenters. The Morgan fingerprint density at radius 1 is 1.11 bits per heavy atom. The van der Waals surface area contributed by atoms with E-state index in [-0.39, 0.29) is 29.9 Å². The number of carbonyl (C=O) groups is 3. The van der Waals surface area contributed by atoms with Crippen molar-refractivity contribution in [3.63, 3.8) is 0 Å². The molecule has 2 amide bonds. The number of carbonyl (C=O) groups excluding carboxylic acids is 3. The smallest absolute Gasteiger partial charge is 0.243 e. The van der Waals surface area contributed by atoms with Crippen LogP contribution in [-0.2, 0) is 20.9 Å². The van der Waals surface area contributed by atoms with Crippen molar-refractivity contribution in [3.8, 4) is 0 Å². The molecule has 0 spiro atoms. The second-order valence-electron chi connectivity index (χ2n) is 9.00. The number of allylic oxidation sites excluding steroid dienone is 1. The van der Waals surface area contributed by atoms with Crippen molar-refractivity contribution in [2.45, 2.75) is 53.6 Å². The van der Waals surface area contributed by atoms with Gasteiger partial charge in [-0.05, 0) is 26.3 Å². The minimum Gasteiger partial charge on any atom is -0.332 e. The molecule has 1 fully saturated rings. The molecule has 0 bridgehead atoms. The summed E-state index contributed by atoms with van der Waals surface area (Å²) in [6.45, 7) is 11.9. The third-order valence-electron chi connectivity index (χ3n) is 4.49. The Hall–Kier alpha value is -2.08. The van der Waals surface area contributed by atoms with Crippen LogP contribution < -0.4 is 0 Å². The molecule has 2 rings (SSSR count). The summed E-state index contributed by atoms with van der Waals surface area (Å²) in [6, 6.07) is 9.79. The number of benzene rings is 1. The zero-order valence-electron chi connectivity index (χ0n) is 17.6. The topological polar surface area (TPSA) is 57.7 Å². The predicted octanol–water partition coefficient (Wildman–Crippen LogP) is 3.85. The van der Waals surface area contributed by atoms with Gasteiger partial charge < -0.3 is 4.90 Å². The van der Waals surface area contributed by atoms with Gasteiger partial charge in [-0.3, -0.25) is 19.3 Å². The number of hydrogen-bond acceptors (Lipinski definition) is 4. The van der Waals surface area contributed by atoms with Gasteiger partial charge in [0.1, 0.15) is 6.54 Å². The quantitative estimate of drug-likeness (QED) is 0.702. The fourth-order valence-corrected chi connectivity index (χ4v) is 3.65. The lowest BCUT2D eigenvalue weighted by molar-refractivity contribution is -0.141. The molecule has 6 heteroatoms. The van der Waals surface area contributed by atoms with Gasteiger partial charge in [-0.1, -0.05) is 62.9 Å². The molecule has 5 nitrogen and oxygen atoms in total. The van der Waals surface area contributed by atoms with Gasteiger partial charge in [0.2, 0.25) is 11.8 Å². The third-order valence-corrected chi connectivity index (χ3v) is 5.52.